The van der Waals surface area contributed by atoms with Gasteiger partial charge in [0.05, 0.1) is 0 Å². The van der Waals surface area contributed by atoms with Gasteiger partial charge in [0.15, 0.2) is 0 Å². The van der Waals surface area contributed by atoms with Gasteiger partial charge in [0, 0.05) is 25.0 Å². The summed E-state index contributed by atoms with van der Waals surface area (Å²) in [5.74, 6) is 0.173. The summed E-state index contributed by atoms with van der Waals surface area (Å²) in [5.41, 5.74) is 8.22. The molecule has 2 atom stereocenters. The second-order valence-corrected chi connectivity index (χ2v) is 6.90. The van der Waals surface area contributed by atoms with Crippen molar-refractivity contribution in [1.29, 1.82) is 0 Å². The molecule has 1 fully saturated rings. The van der Waals surface area contributed by atoms with Crippen LogP contribution in [0.4, 0.5) is 4.79 Å². The number of hydrogen-bond acceptors (Lipinski definition) is 3. The summed E-state index contributed by atoms with van der Waals surface area (Å²) in [4.78, 5) is 14.0. The van der Waals surface area contributed by atoms with Gasteiger partial charge in [0.1, 0.15) is 5.60 Å². The van der Waals surface area contributed by atoms with E-state index in [-0.39, 0.29) is 18.1 Å². The van der Waals surface area contributed by atoms with E-state index in [1.165, 1.54) is 11.1 Å². The smallest absolute Gasteiger partial charge is 0.410 e. The Bertz CT molecular complexity index is 491. The second kappa shape index (κ2) is 6.06. The van der Waals surface area contributed by atoms with Gasteiger partial charge in [-0.15, -0.1) is 0 Å². The van der Waals surface area contributed by atoms with Gasteiger partial charge in [-0.1, -0.05) is 29.8 Å². The largest absolute Gasteiger partial charge is 0.444 e. The van der Waals surface area contributed by atoms with Gasteiger partial charge in [-0.05, 0) is 39.7 Å². The Morgan fingerprint density at radius 3 is 2.48 bits per heavy atom. The van der Waals surface area contributed by atoms with E-state index in [9.17, 15) is 4.79 Å². The maximum atomic E-state index is 12.2. The third-order valence-corrected chi connectivity index (χ3v) is 3.82. The Balaban J connectivity index is 2.09. The SMILES string of the molecule is Cc1ccc(C2CN(C(=O)OC(C)(C)C)CCC2N)cc1. The zero-order valence-electron chi connectivity index (χ0n) is 13.4. The molecule has 4 heteroatoms. The summed E-state index contributed by atoms with van der Waals surface area (Å²) in [7, 11) is 0. The summed E-state index contributed by atoms with van der Waals surface area (Å²) in [6, 6.07) is 8.49. The van der Waals surface area contributed by atoms with E-state index in [1.807, 2.05) is 20.8 Å². The van der Waals surface area contributed by atoms with Crippen LogP contribution in [-0.2, 0) is 4.74 Å². The van der Waals surface area contributed by atoms with Crippen molar-refractivity contribution < 1.29 is 9.53 Å². The van der Waals surface area contributed by atoms with Gasteiger partial charge in [-0.25, -0.2) is 4.79 Å². The number of ether oxygens (including phenoxy) is 1. The molecule has 4 nitrogen and oxygen atoms in total. The number of rotatable bonds is 1. The normalized spacial score (nSPS) is 23.0. The minimum absolute atomic E-state index is 0.0893. The summed E-state index contributed by atoms with van der Waals surface area (Å²) in [6.07, 6.45) is 0.559. The molecule has 21 heavy (non-hydrogen) atoms. The molecule has 1 aliphatic heterocycles. The lowest BCUT2D eigenvalue weighted by Gasteiger charge is -2.37. The second-order valence-electron chi connectivity index (χ2n) is 6.90. The zero-order valence-corrected chi connectivity index (χ0v) is 13.4. The van der Waals surface area contributed by atoms with Gasteiger partial charge in [0.2, 0.25) is 0 Å². The highest BCUT2D eigenvalue weighted by Crippen LogP contribution is 2.27. The van der Waals surface area contributed by atoms with Crippen LogP contribution < -0.4 is 5.73 Å². The molecule has 2 N–H and O–H groups in total. The van der Waals surface area contributed by atoms with Gasteiger partial charge in [0.25, 0.3) is 0 Å². The first-order valence-corrected chi connectivity index (χ1v) is 7.56. The molecule has 1 aromatic rings. The van der Waals surface area contributed by atoms with Crippen LogP contribution in [-0.4, -0.2) is 35.7 Å². The Labute approximate surface area is 127 Å². The fourth-order valence-electron chi connectivity index (χ4n) is 2.63. The van der Waals surface area contributed by atoms with Crippen LogP contribution in [0.25, 0.3) is 0 Å². The van der Waals surface area contributed by atoms with Crippen molar-refractivity contribution >= 4 is 6.09 Å². The number of carbonyl (C=O) groups excluding carboxylic acids is 1. The van der Waals surface area contributed by atoms with E-state index >= 15 is 0 Å². The highest BCUT2D eigenvalue weighted by atomic mass is 16.6. The molecule has 0 radical (unpaired) electrons. The quantitative estimate of drug-likeness (QED) is 0.865. The minimum atomic E-state index is -0.462. The van der Waals surface area contributed by atoms with Crippen LogP contribution in [0.2, 0.25) is 0 Å². The predicted octanol–water partition coefficient (Wildman–Crippen LogP) is 3.05. The van der Waals surface area contributed by atoms with Crippen LogP contribution in [0.5, 0.6) is 0 Å². The lowest BCUT2D eigenvalue weighted by atomic mass is 9.86. The molecule has 2 unspecified atom stereocenters. The summed E-state index contributed by atoms with van der Waals surface area (Å²) >= 11 is 0. The first-order valence-electron chi connectivity index (χ1n) is 7.56. The van der Waals surface area contributed by atoms with E-state index < -0.39 is 5.60 Å². The molecule has 1 aliphatic rings. The number of amides is 1. The number of likely N-dealkylation sites (tertiary alicyclic amines) is 1. The fraction of sp³-hybridized carbons (Fsp3) is 0.588. The number of piperidine rings is 1. The highest BCUT2D eigenvalue weighted by Gasteiger charge is 2.32. The molecule has 2 rings (SSSR count). The third-order valence-electron chi connectivity index (χ3n) is 3.82. The number of aryl methyl sites for hydroxylation is 1. The average molecular weight is 290 g/mol. The van der Waals surface area contributed by atoms with Crippen LogP contribution in [0.1, 0.15) is 44.2 Å². The van der Waals surface area contributed by atoms with Crippen molar-refractivity contribution in [3.8, 4) is 0 Å². The standard InChI is InChI=1S/C17H26N2O2/c1-12-5-7-13(8-6-12)14-11-19(10-9-15(14)18)16(20)21-17(2,3)4/h5-8,14-15H,9-11,18H2,1-4H3. The molecule has 1 saturated heterocycles. The zero-order chi connectivity index (χ0) is 15.6. The lowest BCUT2D eigenvalue weighted by molar-refractivity contribution is 0.0186. The van der Waals surface area contributed by atoms with Gasteiger partial charge in [-0.3, -0.25) is 0 Å². The van der Waals surface area contributed by atoms with Crippen molar-refractivity contribution in [3.63, 3.8) is 0 Å². The number of nitrogens with zero attached hydrogens (tertiary/aromatic N) is 1. The van der Waals surface area contributed by atoms with Crippen LogP contribution in [0.15, 0.2) is 24.3 Å². The van der Waals surface area contributed by atoms with Crippen LogP contribution in [0, 0.1) is 6.92 Å². The van der Waals surface area contributed by atoms with Crippen LogP contribution in [0.3, 0.4) is 0 Å². The Hall–Kier alpha value is -1.55. The molecule has 1 heterocycles. The molecule has 116 valence electrons. The number of carbonyl (C=O) groups is 1. The Morgan fingerprint density at radius 2 is 1.90 bits per heavy atom. The molecule has 0 bridgehead atoms. The maximum absolute atomic E-state index is 12.2. The van der Waals surface area contributed by atoms with E-state index in [2.05, 4.69) is 31.2 Å². The number of benzene rings is 1. The monoisotopic (exact) mass is 290 g/mol. The Morgan fingerprint density at radius 1 is 1.29 bits per heavy atom. The minimum Gasteiger partial charge on any atom is -0.444 e. The summed E-state index contributed by atoms with van der Waals surface area (Å²) in [5, 5.41) is 0. The lowest BCUT2D eigenvalue weighted by Crippen LogP contribution is -2.49. The molecule has 1 aromatic carbocycles. The van der Waals surface area contributed by atoms with Crippen molar-refractivity contribution in [1.82, 2.24) is 4.90 Å². The summed E-state index contributed by atoms with van der Waals surface area (Å²) in [6.45, 7) is 9.02. The van der Waals surface area contributed by atoms with Crippen LogP contribution >= 0.6 is 0 Å². The summed E-state index contributed by atoms with van der Waals surface area (Å²) < 4.78 is 5.46. The molecule has 1 amide bonds. The van der Waals surface area contributed by atoms with E-state index in [0.717, 1.165) is 6.42 Å². The highest BCUT2D eigenvalue weighted by molar-refractivity contribution is 5.68. The molecule has 0 saturated carbocycles. The molecule has 0 spiro atoms. The van der Waals surface area contributed by atoms with Crippen molar-refractivity contribution in [3.05, 3.63) is 35.4 Å². The maximum Gasteiger partial charge on any atom is 0.410 e. The van der Waals surface area contributed by atoms with Gasteiger partial charge in [-0.2, -0.15) is 0 Å². The number of hydrogen-bond donors (Lipinski definition) is 1. The van der Waals surface area contributed by atoms with E-state index in [4.69, 9.17) is 10.5 Å². The predicted molar refractivity (Wildman–Crippen MR) is 84.3 cm³/mol. The molecule has 0 aromatic heterocycles. The topological polar surface area (TPSA) is 55.6 Å². The average Bonchev–Trinajstić information content (AvgIpc) is 2.38. The van der Waals surface area contributed by atoms with Crippen molar-refractivity contribution in [2.75, 3.05) is 13.1 Å². The van der Waals surface area contributed by atoms with Gasteiger partial charge < -0.3 is 15.4 Å². The molecular weight excluding hydrogens is 264 g/mol. The first-order chi connectivity index (χ1) is 9.76. The third kappa shape index (κ3) is 4.21. The molecular formula is C17H26N2O2. The van der Waals surface area contributed by atoms with Crippen molar-refractivity contribution in [2.24, 2.45) is 5.73 Å². The van der Waals surface area contributed by atoms with Crippen molar-refractivity contribution in [2.45, 2.75) is 51.7 Å². The first kappa shape index (κ1) is 15.8. The van der Waals surface area contributed by atoms with Gasteiger partial charge >= 0.3 is 6.09 Å². The van der Waals surface area contributed by atoms with E-state index in [0.29, 0.717) is 13.1 Å². The molecule has 0 aliphatic carbocycles. The van der Waals surface area contributed by atoms with E-state index in [1.54, 1.807) is 4.90 Å². The fourth-order valence-corrected chi connectivity index (χ4v) is 2.63. The number of nitrogens with two attached hydrogens (primary N) is 1. The Kier molecular flexibility index (Phi) is 4.57.